The Labute approximate surface area is 107 Å². The van der Waals surface area contributed by atoms with Crippen molar-refractivity contribution in [3.8, 4) is 5.69 Å². The molecule has 0 spiro atoms. The maximum atomic E-state index is 13.2. The molecule has 0 aliphatic carbocycles. The van der Waals surface area contributed by atoms with E-state index in [1.165, 1.54) is 22.9 Å². The zero-order valence-corrected chi connectivity index (χ0v) is 10.1. The zero-order chi connectivity index (χ0) is 13.3. The molecule has 7 heteroatoms. The Morgan fingerprint density at radius 3 is 2.89 bits per heavy atom. The first-order valence-corrected chi connectivity index (χ1v) is 5.55. The molecule has 0 bridgehead atoms. The molecule has 1 aromatic carbocycles. The summed E-state index contributed by atoms with van der Waals surface area (Å²) < 4.78 is 14.4. The maximum absolute atomic E-state index is 13.2. The summed E-state index contributed by atoms with van der Waals surface area (Å²) in [5.74, 6) is -1.66. The topological polar surface area (TPSA) is 68.0 Å². The molecule has 0 radical (unpaired) electrons. The van der Waals surface area contributed by atoms with Crippen LogP contribution in [0.5, 0.6) is 0 Å². The molecule has 94 valence electrons. The Morgan fingerprint density at radius 1 is 1.56 bits per heavy atom. The van der Waals surface area contributed by atoms with Gasteiger partial charge in [-0.2, -0.15) is 0 Å². The SMILES string of the molecule is CCc1c(C(=O)O)nnn1-c1cc(F)ccc1Cl. The Kier molecular flexibility index (Phi) is 3.29. The highest BCUT2D eigenvalue weighted by atomic mass is 35.5. The minimum absolute atomic E-state index is 0.155. The number of hydrogen-bond acceptors (Lipinski definition) is 3. The molecule has 1 N–H and O–H groups in total. The molecule has 0 atom stereocenters. The summed E-state index contributed by atoms with van der Waals surface area (Å²) >= 11 is 5.95. The summed E-state index contributed by atoms with van der Waals surface area (Å²) in [6.45, 7) is 1.76. The fraction of sp³-hybridized carbons (Fsp3) is 0.182. The third-order valence-corrected chi connectivity index (χ3v) is 2.76. The Morgan fingerprint density at radius 2 is 2.28 bits per heavy atom. The summed E-state index contributed by atoms with van der Waals surface area (Å²) in [4.78, 5) is 11.0. The Balaban J connectivity index is 2.64. The van der Waals surface area contributed by atoms with Gasteiger partial charge in [0.05, 0.1) is 16.4 Å². The van der Waals surface area contributed by atoms with Crippen molar-refractivity contribution in [2.24, 2.45) is 0 Å². The van der Waals surface area contributed by atoms with Gasteiger partial charge in [-0.25, -0.2) is 13.9 Å². The number of rotatable bonds is 3. The van der Waals surface area contributed by atoms with E-state index in [2.05, 4.69) is 10.3 Å². The highest BCUT2D eigenvalue weighted by molar-refractivity contribution is 6.32. The Hall–Kier alpha value is -1.95. The first-order chi connectivity index (χ1) is 8.54. The van der Waals surface area contributed by atoms with Crippen LogP contribution in [0, 0.1) is 5.82 Å². The highest BCUT2D eigenvalue weighted by Crippen LogP contribution is 2.23. The van der Waals surface area contributed by atoms with Gasteiger partial charge in [-0.1, -0.05) is 23.7 Å². The number of carboxylic acids is 1. The van der Waals surface area contributed by atoms with Crippen molar-refractivity contribution >= 4 is 17.6 Å². The lowest BCUT2D eigenvalue weighted by atomic mass is 10.2. The van der Waals surface area contributed by atoms with Crippen LogP contribution in [0.3, 0.4) is 0 Å². The quantitative estimate of drug-likeness (QED) is 0.928. The van der Waals surface area contributed by atoms with E-state index in [1.807, 2.05) is 0 Å². The molecule has 2 aromatic rings. The van der Waals surface area contributed by atoms with Crippen molar-refractivity contribution in [1.29, 1.82) is 0 Å². The molecule has 0 amide bonds. The number of aromatic nitrogens is 3. The lowest BCUT2D eigenvalue weighted by Gasteiger charge is -2.07. The number of benzene rings is 1. The van der Waals surface area contributed by atoms with Crippen LogP contribution in [0.2, 0.25) is 5.02 Å². The first kappa shape index (κ1) is 12.5. The minimum Gasteiger partial charge on any atom is -0.476 e. The molecule has 1 aromatic heterocycles. The number of carbonyl (C=O) groups is 1. The second kappa shape index (κ2) is 4.73. The van der Waals surface area contributed by atoms with Crippen LogP contribution < -0.4 is 0 Å². The van der Waals surface area contributed by atoms with E-state index >= 15 is 0 Å². The third kappa shape index (κ3) is 2.06. The van der Waals surface area contributed by atoms with Gasteiger partial charge in [0.2, 0.25) is 0 Å². The van der Waals surface area contributed by atoms with E-state index < -0.39 is 11.8 Å². The molecule has 0 unspecified atom stereocenters. The first-order valence-electron chi connectivity index (χ1n) is 5.18. The second-order valence-electron chi connectivity index (χ2n) is 3.55. The van der Waals surface area contributed by atoms with Crippen molar-refractivity contribution in [3.05, 3.63) is 40.4 Å². The van der Waals surface area contributed by atoms with E-state index in [0.717, 1.165) is 0 Å². The number of halogens is 2. The molecule has 0 saturated heterocycles. The van der Waals surface area contributed by atoms with Gasteiger partial charge in [0, 0.05) is 6.07 Å². The summed E-state index contributed by atoms with van der Waals surface area (Å²) in [6.07, 6.45) is 0.390. The van der Waals surface area contributed by atoms with E-state index in [-0.39, 0.29) is 16.4 Å². The molecule has 0 aliphatic heterocycles. The van der Waals surface area contributed by atoms with Gasteiger partial charge in [-0.15, -0.1) is 5.10 Å². The van der Waals surface area contributed by atoms with Crippen LogP contribution in [0.1, 0.15) is 23.1 Å². The molecule has 18 heavy (non-hydrogen) atoms. The van der Waals surface area contributed by atoms with Gasteiger partial charge in [-0.3, -0.25) is 0 Å². The molecular weight excluding hydrogens is 261 g/mol. The van der Waals surface area contributed by atoms with E-state index in [1.54, 1.807) is 6.92 Å². The standard InChI is InChI=1S/C11H9ClFN3O2/c1-2-8-10(11(17)18)14-15-16(8)9-5-6(13)3-4-7(9)12/h3-5H,2H2,1H3,(H,17,18). The van der Waals surface area contributed by atoms with Gasteiger partial charge >= 0.3 is 5.97 Å². The summed E-state index contributed by atoms with van der Waals surface area (Å²) in [5.41, 5.74) is 0.487. The van der Waals surface area contributed by atoms with E-state index in [4.69, 9.17) is 16.7 Å². The molecule has 0 saturated carbocycles. The number of nitrogens with zero attached hydrogens (tertiary/aromatic N) is 3. The van der Waals surface area contributed by atoms with Crippen molar-refractivity contribution in [3.63, 3.8) is 0 Å². The molecule has 2 rings (SSSR count). The summed E-state index contributed by atoms with van der Waals surface area (Å²) in [5, 5.41) is 16.5. The molecule has 1 heterocycles. The Bertz CT molecular complexity index is 612. The molecular formula is C11H9ClFN3O2. The number of carboxylic acid groups (broad SMARTS) is 1. The third-order valence-electron chi connectivity index (χ3n) is 2.44. The largest absolute Gasteiger partial charge is 0.476 e. The fourth-order valence-electron chi connectivity index (χ4n) is 1.63. The average molecular weight is 270 g/mol. The lowest BCUT2D eigenvalue weighted by molar-refractivity contribution is 0.0689. The van der Waals surface area contributed by atoms with Crippen molar-refractivity contribution in [1.82, 2.24) is 15.0 Å². The van der Waals surface area contributed by atoms with E-state index in [0.29, 0.717) is 12.1 Å². The fourth-order valence-corrected chi connectivity index (χ4v) is 1.82. The smallest absolute Gasteiger partial charge is 0.358 e. The normalized spacial score (nSPS) is 10.6. The van der Waals surface area contributed by atoms with Gasteiger partial charge in [0.25, 0.3) is 0 Å². The number of aromatic carboxylic acids is 1. The second-order valence-corrected chi connectivity index (χ2v) is 3.96. The van der Waals surface area contributed by atoms with Crippen LogP contribution in [0.15, 0.2) is 18.2 Å². The van der Waals surface area contributed by atoms with Crippen LogP contribution in [0.4, 0.5) is 4.39 Å². The zero-order valence-electron chi connectivity index (χ0n) is 9.39. The van der Waals surface area contributed by atoms with Gasteiger partial charge in [-0.05, 0) is 18.6 Å². The van der Waals surface area contributed by atoms with E-state index in [9.17, 15) is 9.18 Å². The van der Waals surface area contributed by atoms with Gasteiger partial charge in [0.1, 0.15) is 5.82 Å². The predicted molar refractivity (Wildman–Crippen MR) is 62.7 cm³/mol. The van der Waals surface area contributed by atoms with Crippen molar-refractivity contribution < 1.29 is 14.3 Å². The van der Waals surface area contributed by atoms with Crippen LogP contribution in [-0.2, 0) is 6.42 Å². The number of hydrogen-bond donors (Lipinski definition) is 1. The highest BCUT2D eigenvalue weighted by Gasteiger charge is 2.19. The minimum atomic E-state index is -1.18. The van der Waals surface area contributed by atoms with Crippen LogP contribution in [0.25, 0.3) is 5.69 Å². The van der Waals surface area contributed by atoms with Crippen LogP contribution >= 0.6 is 11.6 Å². The van der Waals surface area contributed by atoms with Crippen molar-refractivity contribution in [2.75, 3.05) is 0 Å². The molecule has 0 aliphatic rings. The maximum Gasteiger partial charge on any atom is 0.358 e. The molecule has 0 fully saturated rings. The van der Waals surface area contributed by atoms with Crippen LogP contribution in [-0.4, -0.2) is 26.1 Å². The van der Waals surface area contributed by atoms with Crippen molar-refractivity contribution in [2.45, 2.75) is 13.3 Å². The predicted octanol–water partition coefficient (Wildman–Crippen LogP) is 2.32. The monoisotopic (exact) mass is 269 g/mol. The summed E-state index contributed by atoms with van der Waals surface area (Å²) in [7, 11) is 0. The lowest BCUT2D eigenvalue weighted by Crippen LogP contribution is -2.06. The van der Waals surface area contributed by atoms with Gasteiger partial charge < -0.3 is 5.11 Å². The molecule has 5 nitrogen and oxygen atoms in total. The van der Waals surface area contributed by atoms with Gasteiger partial charge in [0.15, 0.2) is 5.69 Å². The average Bonchev–Trinajstić information content (AvgIpc) is 2.75. The summed E-state index contributed by atoms with van der Waals surface area (Å²) in [6, 6.07) is 3.78.